The highest BCUT2D eigenvalue weighted by atomic mass is 35.5. The lowest BCUT2D eigenvalue weighted by Gasteiger charge is -2.27. The Labute approximate surface area is 167 Å². The lowest BCUT2D eigenvalue weighted by Crippen LogP contribution is -2.18. The smallest absolute Gasteiger partial charge is 0.256 e. The average molecular weight is 407 g/mol. The molecule has 8 heteroatoms. The highest BCUT2D eigenvalue weighted by molar-refractivity contribution is 6.33. The van der Waals surface area contributed by atoms with Crippen LogP contribution >= 0.6 is 23.2 Å². The summed E-state index contributed by atoms with van der Waals surface area (Å²) in [6, 6.07) is 3.98. The van der Waals surface area contributed by atoms with Gasteiger partial charge in [-0.15, -0.1) is 0 Å². The number of carbonyl (C=O) groups is 1. The number of rotatable bonds is 3. The van der Waals surface area contributed by atoms with Gasteiger partial charge in [0.2, 0.25) is 5.28 Å². The number of hydrogen-bond acceptors (Lipinski definition) is 5. The molecule has 2 aliphatic rings. The molecule has 1 aliphatic heterocycles. The van der Waals surface area contributed by atoms with Crippen LogP contribution in [0.3, 0.4) is 0 Å². The Morgan fingerprint density at radius 2 is 1.96 bits per heavy atom. The number of aliphatic hydroxyl groups excluding tert-OH is 1. The second kappa shape index (κ2) is 7.26. The van der Waals surface area contributed by atoms with Gasteiger partial charge in [-0.25, -0.2) is 4.98 Å². The number of aromatic nitrogens is 2. The third-order valence-corrected chi connectivity index (χ3v) is 5.87. The van der Waals surface area contributed by atoms with Crippen LogP contribution < -0.4 is 5.32 Å². The number of hydrogen-bond donors (Lipinski definition) is 2. The molecular formula is C19H20Cl2N4O2. The summed E-state index contributed by atoms with van der Waals surface area (Å²) in [5.74, 6) is 0.712. The van der Waals surface area contributed by atoms with E-state index in [9.17, 15) is 9.90 Å². The third kappa shape index (κ3) is 3.49. The molecule has 1 aromatic heterocycles. The maximum Gasteiger partial charge on any atom is 0.256 e. The number of nitrogens with zero attached hydrogens (tertiary/aromatic N) is 3. The van der Waals surface area contributed by atoms with Crippen molar-refractivity contribution in [2.24, 2.45) is 0 Å². The van der Waals surface area contributed by atoms with Gasteiger partial charge in [0.1, 0.15) is 5.02 Å². The van der Waals surface area contributed by atoms with E-state index in [1.54, 1.807) is 11.9 Å². The zero-order valence-electron chi connectivity index (χ0n) is 14.9. The monoisotopic (exact) mass is 406 g/mol. The summed E-state index contributed by atoms with van der Waals surface area (Å²) < 4.78 is 0. The van der Waals surface area contributed by atoms with Crippen molar-refractivity contribution in [1.82, 2.24) is 14.9 Å². The van der Waals surface area contributed by atoms with Gasteiger partial charge < -0.3 is 15.3 Å². The van der Waals surface area contributed by atoms with Crippen LogP contribution in [0.1, 0.15) is 53.1 Å². The number of carbonyl (C=O) groups excluding carboxylic acids is 1. The number of nitrogens with one attached hydrogen (secondary N) is 1. The van der Waals surface area contributed by atoms with Crippen LogP contribution in [0.15, 0.2) is 18.3 Å². The Bertz CT molecular complexity index is 898. The summed E-state index contributed by atoms with van der Waals surface area (Å²) in [6.45, 7) is 0.580. The number of anilines is 2. The van der Waals surface area contributed by atoms with E-state index in [1.165, 1.54) is 11.8 Å². The Morgan fingerprint density at radius 1 is 1.22 bits per heavy atom. The minimum atomic E-state index is -0.204. The molecule has 0 radical (unpaired) electrons. The van der Waals surface area contributed by atoms with E-state index in [0.29, 0.717) is 34.6 Å². The molecular weight excluding hydrogens is 387 g/mol. The van der Waals surface area contributed by atoms with E-state index in [4.69, 9.17) is 23.2 Å². The topological polar surface area (TPSA) is 78.3 Å². The molecule has 1 fully saturated rings. The van der Waals surface area contributed by atoms with Gasteiger partial charge >= 0.3 is 0 Å². The average Bonchev–Trinajstić information content (AvgIpc) is 2.95. The first-order valence-electron chi connectivity index (χ1n) is 8.98. The fourth-order valence-corrected chi connectivity index (χ4v) is 4.28. The van der Waals surface area contributed by atoms with Crippen LogP contribution in [0.4, 0.5) is 11.5 Å². The van der Waals surface area contributed by atoms with Crippen molar-refractivity contribution in [2.45, 2.75) is 44.2 Å². The van der Waals surface area contributed by atoms with Crippen LogP contribution in [0.5, 0.6) is 0 Å². The SMILES string of the molecule is CN1Cc2c(C3CCC(O)CC3)ccc(Nc3nc(Cl)ncc3Cl)c2C1=O. The largest absolute Gasteiger partial charge is 0.393 e. The summed E-state index contributed by atoms with van der Waals surface area (Å²) in [4.78, 5) is 22.5. The van der Waals surface area contributed by atoms with Gasteiger partial charge in [-0.05, 0) is 60.4 Å². The second-order valence-electron chi connectivity index (χ2n) is 7.18. The van der Waals surface area contributed by atoms with E-state index in [-0.39, 0.29) is 17.3 Å². The Balaban J connectivity index is 1.73. The molecule has 142 valence electrons. The van der Waals surface area contributed by atoms with Crippen molar-refractivity contribution in [2.75, 3.05) is 12.4 Å². The van der Waals surface area contributed by atoms with Crippen molar-refractivity contribution in [1.29, 1.82) is 0 Å². The van der Waals surface area contributed by atoms with Gasteiger partial charge in [0.05, 0.1) is 23.6 Å². The van der Waals surface area contributed by atoms with Crippen molar-refractivity contribution in [3.8, 4) is 0 Å². The fraction of sp³-hybridized carbons (Fsp3) is 0.421. The van der Waals surface area contributed by atoms with E-state index in [1.807, 2.05) is 6.07 Å². The van der Waals surface area contributed by atoms with E-state index in [0.717, 1.165) is 31.2 Å². The maximum absolute atomic E-state index is 12.8. The molecule has 0 unspecified atom stereocenters. The van der Waals surface area contributed by atoms with Gasteiger partial charge in [0, 0.05) is 13.6 Å². The number of aliphatic hydroxyl groups is 1. The number of benzene rings is 1. The predicted molar refractivity (Wildman–Crippen MR) is 105 cm³/mol. The summed E-state index contributed by atoms with van der Waals surface area (Å²) in [6.07, 6.45) is 4.70. The molecule has 1 saturated carbocycles. The highest BCUT2D eigenvalue weighted by Crippen LogP contribution is 2.41. The lowest BCUT2D eigenvalue weighted by atomic mass is 9.80. The van der Waals surface area contributed by atoms with Crippen LogP contribution in [-0.4, -0.2) is 39.0 Å². The van der Waals surface area contributed by atoms with Crippen molar-refractivity contribution < 1.29 is 9.90 Å². The quantitative estimate of drug-likeness (QED) is 0.749. The summed E-state index contributed by atoms with van der Waals surface area (Å²) in [7, 11) is 1.80. The zero-order chi connectivity index (χ0) is 19.1. The van der Waals surface area contributed by atoms with Crippen molar-refractivity contribution >= 4 is 40.6 Å². The van der Waals surface area contributed by atoms with E-state index < -0.39 is 0 Å². The first-order valence-corrected chi connectivity index (χ1v) is 9.74. The van der Waals surface area contributed by atoms with Gasteiger partial charge in [-0.3, -0.25) is 4.79 Å². The maximum atomic E-state index is 12.8. The normalized spacial score (nSPS) is 22.1. The molecule has 2 aromatic rings. The number of amides is 1. The molecule has 0 saturated heterocycles. The third-order valence-electron chi connectivity index (χ3n) is 5.41. The first kappa shape index (κ1) is 18.5. The fourth-order valence-electron chi connectivity index (χ4n) is 4.01. The molecule has 1 aromatic carbocycles. The second-order valence-corrected chi connectivity index (χ2v) is 7.93. The lowest BCUT2D eigenvalue weighted by molar-refractivity contribution is 0.0817. The Morgan fingerprint density at radius 3 is 2.70 bits per heavy atom. The predicted octanol–water partition coefficient (Wildman–Crippen LogP) is 4.13. The van der Waals surface area contributed by atoms with Gasteiger partial charge in [-0.1, -0.05) is 17.7 Å². The summed E-state index contributed by atoms with van der Waals surface area (Å²) in [5.41, 5.74) is 3.57. The van der Waals surface area contributed by atoms with Crippen LogP contribution in [0, 0.1) is 0 Å². The van der Waals surface area contributed by atoms with Crippen molar-refractivity contribution in [3.05, 3.63) is 45.3 Å². The molecule has 2 N–H and O–H groups in total. The molecule has 0 bridgehead atoms. The van der Waals surface area contributed by atoms with Gasteiger partial charge in [-0.2, -0.15) is 4.98 Å². The number of halogens is 2. The summed E-state index contributed by atoms with van der Waals surface area (Å²) >= 11 is 12.0. The standard InChI is InChI=1S/C19H20Cl2N4O2/c1-25-9-13-12(10-2-4-11(26)5-3-10)6-7-15(16(13)18(25)27)23-17-14(20)8-22-19(21)24-17/h6-8,10-11,26H,2-5,9H2,1H3,(H,22,23,24). The first-order chi connectivity index (χ1) is 12.9. The minimum Gasteiger partial charge on any atom is -0.393 e. The minimum absolute atomic E-state index is 0.0264. The highest BCUT2D eigenvalue weighted by Gasteiger charge is 2.33. The van der Waals surface area contributed by atoms with Crippen LogP contribution in [-0.2, 0) is 6.54 Å². The van der Waals surface area contributed by atoms with E-state index >= 15 is 0 Å². The van der Waals surface area contributed by atoms with Crippen molar-refractivity contribution in [3.63, 3.8) is 0 Å². The molecule has 27 heavy (non-hydrogen) atoms. The molecule has 6 nitrogen and oxygen atoms in total. The number of fused-ring (bicyclic) bond motifs is 1. The molecule has 0 atom stereocenters. The van der Waals surface area contributed by atoms with Crippen LogP contribution in [0.2, 0.25) is 10.3 Å². The van der Waals surface area contributed by atoms with Gasteiger partial charge in [0.15, 0.2) is 5.82 Å². The molecule has 2 heterocycles. The van der Waals surface area contributed by atoms with E-state index in [2.05, 4.69) is 21.4 Å². The van der Waals surface area contributed by atoms with Crippen LogP contribution in [0.25, 0.3) is 0 Å². The Kier molecular flexibility index (Phi) is 4.97. The molecule has 4 rings (SSSR count). The van der Waals surface area contributed by atoms with Gasteiger partial charge in [0.25, 0.3) is 5.91 Å². The Hall–Kier alpha value is -1.89. The summed E-state index contributed by atoms with van der Waals surface area (Å²) in [5, 5.41) is 13.4. The molecule has 1 amide bonds. The molecule has 1 aliphatic carbocycles. The zero-order valence-corrected chi connectivity index (χ0v) is 16.4. The molecule has 0 spiro atoms.